The maximum absolute atomic E-state index is 13.0. The SMILES string of the molecule is C/C=S(\c1cn2c(-c3cc(C(=O)N[C@@H](C)c4cn(C)cn4)n(C)n3)cnc2cc1OC)C(C)(C)C. The topological polar surface area (TPSA) is 91.3 Å². The van der Waals surface area contributed by atoms with Crippen LogP contribution in [-0.4, -0.2) is 51.8 Å². The Morgan fingerprint density at radius 3 is 2.54 bits per heavy atom. The highest BCUT2D eigenvalue weighted by molar-refractivity contribution is 8.16. The molecule has 1 amide bonds. The lowest BCUT2D eigenvalue weighted by Crippen LogP contribution is -2.28. The molecule has 0 saturated heterocycles. The molecule has 1 unspecified atom stereocenters. The first-order chi connectivity index (χ1) is 16.5. The first-order valence-electron chi connectivity index (χ1n) is 11.4. The summed E-state index contributed by atoms with van der Waals surface area (Å²) >= 11 is 0. The van der Waals surface area contributed by atoms with E-state index in [-0.39, 0.29) is 27.2 Å². The molecule has 35 heavy (non-hydrogen) atoms. The van der Waals surface area contributed by atoms with Crippen molar-refractivity contribution in [3.8, 4) is 17.1 Å². The Balaban J connectivity index is 1.72. The number of fused-ring (bicyclic) bond motifs is 1. The fraction of sp³-hybridized carbons (Fsp3) is 0.400. The number of nitrogens with one attached hydrogen (secondary N) is 1. The van der Waals surface area contributed by atoms with Crippen LogP contribution in [0.15, 0.2) is 41.9 Å². The van der Waals surface area contributed by atoms with Gasteiger partial charge in [0, 0.05) is 37.3 Å². The molecule has 0 radical (unpaired) electrons. The van der Waals surface area contributed by atoms with E-state index >= 15 is 0 Å². The number of pyridine rings is 1. The minimum Gasteiger partial charge on any atom is -0.495 e. The second-order valence-corrected chi connectivity index (χ2v) is 12.3. The lowest BCUT2D eigenvalue weighted by Gasteiger charge is -2.26. The molecule has 0 aromatic carbocycles. The van der Waals surface area contributed by atoms with Crippen molar-refractivity contribution in [2.75, 3.05) is 7.11 Å². The van der Waals surface area contributed by atoms with Gasteiger partial charge in [-0.25, -0.2) is 9.97 Å². The van der Waals surface area contributed by atoms with Crippen molar-refractivity contribution in [1.82, 2.24) is 34.0 Å². The van der Waals surface area contributed by atoms with E-state index in [1.54, 1.807) is 37.4 Å². The second kappa shape index (κ2) is 9.33. The standard InChI is InChI=1S/C25H33N7O2S/c1-9-35(25(3,4)5)22-14-32-20(12-26-23(32)11-21(22)34-8)17-10-19(31(7)29-17)24(33)28-16(2)18-13-30(6)15-27-18/h9-16H,1-8H3,(H,28,33)/t16-,35?/m0/s1. The van der Waals surface area contributed by atoms with E-state index in [4.69, 9.17) is 4.74 Å². The zero-order valence-electron chi connectivity index (χ0n) is 21.5. The van der Waals surface area contributed by atoms with Crippen molar-refractivity contribution < 1.29 is 9.53 Å². The van der Waals surface area contributed by atoms with Gasteiger partial charge in [-0.2, -0.15) is 5.10 Å². The molecule has 0 fully saturated rings. The van der Waals surface area contributed by atoms with Crippen molar-refractivity contribution in [2.24, 2.45) is 14.1 Å². The molecule has 186 valence electrons. The zero-order chi connectivity index (χ0) is 25.5. The van der Waals surface area contributed by atoms with E-state index in [0.717, 1.165) is 27.7 Å². The number of carbonyl (C=O) groups is 1. The van der Waals surface area contributed by atoms with Gasteiger partial charge in [0.05, 0.1) is 42.0 Å². The number of aromatic nitrogens is 6. The first kappa shape index (κ1) is 24.7. The Hall–Kier alpha value is -3.40. The fourth-order valence-electron chi connectivity index (χ4n) is 4.12. The third-order valence-electron chi connectivity index (χ3n) is 5.82. The smallest absolute Gasteiger partial charge is 0.270 e. The van der Waals surface area contributed by atoms with Crippen molar-refractivity contribution in [1.29, 1.82) is 0 Å². The van der Waals surface area contributed by atoms with Crippen LogP contribution in [0.25, 0.3) is 17.0 Å². The molecule has 0 bridgehead atoms. The number of ether oxygens (including phenoxy) is 1. The van der Waals surface area contributed by atoms with Crippen LogP contribution >= 0.6 is 10.5 Å². The monoisotopic (exact) mass is 495 g/mol. The van der Waals surface area contributed by atoms with Crippen molar-refractivity contribution in [3.05, 3.63) is 48.4 Å². The number of hydrogen-bond acceptors (Lipinski definition) is 5. The van der Waals surface area contributed by atoms with E-state index in [1.165, 1.54) is 0 Å². The summed E-state index contributed by atoms with van der Waals surface area (Å²) < 4.78 is 11.2. The molecular formula is C25H33N7O2S. The minimum atomic E-state index is -0.228. The number of nitrogens with zero attached hydrogens (tertiary/aromatic N) is 6. The Labute approximate surface area is 208 Å². The van der Waals surface area contributed by atoms with Gasteiger partial charge in [-0.1, -0.05) is 26.1 Å². The number of methoxy groups -OCH3 is 1. The summed E-state index contributed by atoms with van der Waals surface area (Å²) in [6, 6.07) is 3.52. The molecule has 2 atom stereocenters. The summed E-state index contributed by atoms with van der Waals surface area (Å²) in [4.78, 5) is 23.0. The lowest BCUT2D eigenvalue weighted by molar-refractivity contribution is 0.0929. The summed E-state index contributed by atoms with van der Waals surface area (Å²) in [5.74, 6) is 0.603. The van der Waals surface area contributed by atoms with Crippen molar-refractivity contribution >= 4 is 27.4 Å². The molecule has 0 spiro atoms. The predicted molar refractivity (Wildman–Crippen MR) is 140 cm³/mol. The van der Waals surface area contributed by atoms with Crippen LogP contribution in [-0.2, 0) is 14.1 Å². The molecule has 4 aromatic rings. The lowest BCUT2D eigenvalue weighted by atomic mass is 10.2. The molecule has 4 rings (SSSR count). The Bertz CT molecular complexity index is 1420. The first-order valence-corrected chi connectivity index (χ1v) is 12.7. The number of carbonyl (C=O) groups excluding carboxylic acids is 1. The summed E-state index contributed by atoms with van der Waals surface area (Å²) in [6.07, 6.45) is 7.48. The van der Waals surface area contributed by atoms with Gasteiger partial charge in [0.25, 0.3) is 5.91 Å². The normalized spacial score (nSPS) is 13.8. The summed E-state index contributed by atoms with van der Waals surface area (Å²) in [6.45, 7) is 10.7. The van der Waals surface area contributed by atoms with Gasteiger partial charge in [0.15, 0.2) is 0 Å². The molecule has 1 N–H and O–H groups in total. The van der Waals surface area contributed by atoms with Gasteiger partial charge in [-0.15, -0.1) is 10.5 Å². The molecule has 0 saturated carbocycles. The molecule has 10 heteroatoms. The Kier molecular flexibility index (Phi) is 6.59. The molecule has 0 aliphatic heterocycles. The highest BCUT2D eigenvalue weighted by atomic mass is 32.2. The maximum atomic E-state index is 13.0. The Morgan fingerprint density at radius 1 is 1.20 bits per heavy atom. The number of rotatable bonds is 6. The van der Waals surface area contributed by atoms with Gasteiger partial charge in [0.1, 0.15) is 22.8 Å². The van der Waals surface area contributed by atoms with Crippen LogP contribution in [0.2, 0.25) is 0 Å². The molecule has 4 aromatic heterocycles. The number of hydrogen-bond donors (Lipinski definition) is 1. The van der Waals surface area contributed by atoms with Crippen LogP contribution in [0.4, 0.5) is 0 Å². The minimum absolute atomic E-state index is 0.0387. The largest absolute Gasteiger partial charge is 0.495 e. The molecule has 9 nitrogen and oxygen atoms in total. The number of aryl methyl sites for hydroxylation is 2. The van der Waals surface area contributed by atoms with Gasteiger partial charge < -0.3 is 14.6 Å². The highest BCUT2D eigenvalue weighted by Gasteiger charge is 2.23. The average molecular weight is 496 g/mol. The van der Waals surface area contributed by atoms with Crippen LogP contribution in [0.3, 0.4) is 0 Å². The van der Waals surface area contributed by atoms with Gasteiger partial charge in [-0.3, -0.25) is 13.9 Å². The highest BCUT2D eigenvalue weighted by Crippen LogP contribution is 2.44. The van der Waals surface area contributed by atoms with E-state index in [2.05, 4.69) is 59.6 Å². The quantitative estimate of drug-likeness (QED) is 0.405. The maximum Gasteiger partial charge on any atom is 0.270 e. The van der Waals surface area contributed by atoms with Crippen LogP contribution in [0.5, 0.6) is 5.75 Å². The fourth-order valence-corrected chi connectivity index (χ4v) is 6.32. The summed E-state index contributed by atoms with van der Waals surface area (Å²) in [5, 5.41) is 9.87. The van der Waals surface area contributed by atoms with Gasteiger partial charge >= 0.3 is 0 Å². The number of amides is 1. The third kappa shape index (κ3) is 4.75. The summed E-state index contributed by atoms with van der Waals surface area (Å²) in [5.41, 5.74) is 3.50. The molecule has 4 heterocycles. The Morgan fingerprint density at radius 2 is 1.94 bits per heavy atom. The van der Waals surface area contributed by atoms with Crippen LogP contribution in [0.1, 0.15) is 56.8 Å². The van der Waals surface area contributed by atoms with Crippen LogP contribution < -0.4 is 10.1 Å². The average Bonchev–Trinajstić information content (AvgIpc) is 3.50. The molecule has 0 aliphatic carbocycles. The van der Waals surface area contributed by atoms with Crippen LogP contribution in [0, 0.1) is 0 Å². The van der Waals surface area contributed by atoms with E-state index in [0.29, 0.717) is 11.4 Å². The second-order valence-electron chi connectivity index (χ2n) is 9.46. The molecular weight excluding hydrogens is 462 g/mol. The molecule has 0 aliphatic rings. The van der Waals surface area contributed by atoms with Gasteiger partial charge in [-0.05, 0) is 19.9 Å². The third-order valence-corrected chi connectivity index (χ3v) is 8.39. The van der Waals surface area contributed by atoms with Crippen molar-refractivity contribution in [2.45, 2.75) is 50.3 Å². The van der Waals surface area contributed by atoms with Gasteiger partial charge in [0.2, 0.25) is 0 Å². The predicted octanol–water partition coefficient (Wildman–Crippen LogP) is 4.22. The van der Waals surface area contributed by atoms with Crippen molar-refractivity contribution in [3.63, 3.8) is 0 Å². The van der Waals surface area contributed by atoms with E-state index < -0.39 is 0 Å². The van der Waals surface area contributed by atoms with E-state index in [9.17, 15) is 4.79 Å². The van der Waals surface area contributed by atoms with E-state index in [1.807, 2.05) is 35.2 Å². The zero-order valence-corrected chi connectivity index (χ0v) is 22.3. The number of imidazole rings is 2. The summed E-state index contributed by atoms with van der Waals surface area (Å²) in [7, 11) is 5.20.